The second-order valence-corrected chi connectivity index (χ2v) is 6.96. The lowest BCUT2D eigenvalue weighted by Crippen LogP contribution is -3.11. The van der Waals surface area contributed by atoms with Crippen molar-refractivity contribution < 1.29 is 14.5 Å². The minimum atomic E-state index is -0.156. The molecule has 0 aromatic heterocycles. The van der Waals surface area contributed by atoms with E-state index in [4.69, 9.17) is 11.6 Å². The molecule has 0 fully saturated rings. The molecule has 2 aromatic rings. The van der Waals surface area contributed by atoms with Crippen LogP contribution in [0.3, 0.4) is 0 Å². The van der Waals surface area contributed by atoms with Crippen molar-refractivity contribution in [1.29, 1.82) is 0 Å². The number of hydrogen-bond acceptors (Lipinski definition) is 3. The Morgan fingerprint density at radius 1 is 1.00 bits per heavy atom. The molecule has 5 nitrogen and oxygen atoms in total. The second kappa shape index (κ2) is 9.46. The first-order valence-electron chi connectivity index (χ1n) is 7.77. The highest BCUT2D eigenvalue weighted by atomic mass is 35.5. The van der Waals surface area contributed by atoms with Crippen molar-refractivity contribution in [2.24, 2.45) is 0 Å². The van der Waals surface area contributed by atoms with Gasteiger partial charge in [-0.2, -0.15) is 0 Å². The molecule has 1 atom stereocenters. The number of quaternary nitrogens is 1. The van der Waals surface area contributed by atoms with Gasteiger partial charge in [0.1, 0.15) is 0 Å². The molecular weight excluding hydrogens is 358 g/mol. The van der Waals surface area contributed by atoms with Gasteiger partial charge in [-0.25, -0.2) is 0 Å². The molecule has 0 saturated heterocycles. The van der Waals surface area contributed by atoms with Crippen LogP contribution in [-0.4, -0.2) is 38.2 Å². The number of benzene rings is 2. The summed E-state index contributed by atoms with van der Waals surface area (Å²) in [5, 5.41) is 6.26. The molecule has 0 bridgehead atoms. The zero-order valence-corrected chi connectivity index (χ0v) is 15.7. The maximum atomic E-state index is 12.1. The Bertz CT molecular complexity index is 737. The highest BCUT2D eigenvalue weighted by Gasteiger charge is 2.14. The normalized spacial score (nSPS) is 11.6. The summed E-state index contributed by atoms with van der Waals surface area (Å²) in [6.45, 7) is 0.401. The van der Waals surface area contributed by atoms with Gasteiger partial charge in [-0.15, -0.1) is 11.8 Å². The molecule has 1 unspecified atom stereocenters. The average molecular weight is 379 g/mol. The van der Waals surface area contributed by atoms with Crippen molar-refractivity contribution in [2.75, 3.05) is 37.0 Å². The molecule has 2 amide bonds. The van der Waals surface area contributed by atoms with Crippen LogP contribution < -0.4 is 15.5 Å². The first kappa shape index (κ1) is 19.3. The first-order chi connectivity index (χ1) is 12.0. The lowest BCUT2D eigenvalue weighted by Gasteiger charge is -2.14. The predicted molar refractivity (Wildman–Crippen MR) is 104 cm³/mol. The third-order valence-electron chi connectivity index (χ3n) is 3.41. The number of halogens is 1. The van der Waals surface area contributed by atoms with Crippen LogP contribution in [0, 0.1) is 0 Å². The van der Waals surface area contributed by atoms with E-state index in [0.717, 1.165) is 15.5 Å². The molecule has 0 radical (unpaired) electrons. The van der Waals surface area contributed by atoms with Gasteiger partial charge in [-0.3, -0.25) is 9.59 Å². The summed E-state index contributed by atoms with van der Waals surface area (Å²) >= 11 is 7.43. The summed E-state index contributed by atoms with van der Waals surface area (Å²) in [7, 11) is 1.80. The molecule has 0 aliphatic rings. The van der Waals surface area contributed by atoms with Crippen molar-refractivity contribution >= 4 is 46.6 Å². The maximum absolute atomic E-state index is 12.1. The van der Waals surface area contributed by atoms with E-state index in [1.165, 1.54) is 0 Å². The highest BCUT2D eigenvalue weighted by Crippen LogP contribution is 2.18. The zero-order chi connectivity index (χ0) is 18.2. The van der Waals surface area contributed by atoms with Gasteiger partial charge in [0.05, 0.1) is 7.05 Å². The molecule has 2 aromatic carbocycles. The number of hydrogen-bond donors (Lipinski definition) is 3. The van der Waals surface area contributed by atoms with Gasteiger partial charge in [0.25, 0.3) is 11.8 Å². The van der Waals surface area contributed by atoms with Gasteiger partial charge in [0, 0.05) is 21.3 Å². The summed E-state index contributed by atoms with van der Waals surface area (Å²) in [4.78, 5) is 26.0. The molecule has 132 valence electrons. The van der Waals surface area contributed by atoms with Crippen LogP contribution in [0.5, 0.6) is 0 Å². The fourth-order valence-corrected chi connectivity index (χ4v) is 2.84. The van der Waals surface area contributed by atoms with E-state index in [-0.39, 0.29) is 24.9 Å². The molecule has 3 N–H and O–H groups in total. The Morgan fingerprint density at radius 2 is 1.60 bits per heavy atom. The Labute approximate surface area is 156 Å². The smallest absolute Gasteiger partial charge is 0.279 e. The van der Waals surface area contributed by atoms with Crippen molar-refractivity contribution in [3.8, 4) is 0 Å². The number of likely N-dealkylation sites (N-methyl/N-ethyl adjacent to an activating group) is 1. The third kappa shape index (κ3) is 6.78. The van der Waals surface area contributed by atoms with E-state index in [2.05, 4.69) is 10.6 Å². The van der Waals surface area contributed by atoms with Gasteiger partial charge >= 0.3 is 0 Å². The maximum Gasteiger partial charge on any atom is 0.279 e. The predicted octanol–water partition coefficient (Wildman–Crippen LogP) is 2.15. The standard InChI is InChI=1S/C18H20ClN3O2S/c1-22(11-17(23)20-14-8-6-13(19)7-9-14)12-18(24)21-15-4-3-5-16(10-15)25-2/h3-10H,11-12H2,1-2H3,(H,20,23)(H,21,24)/p+1. The van der Waals surface area contributed by atoms with Crippen molar-refractivity contribution in [1.82, 2.24) is 0 Å². The van der Waals surface area contributed by atoms with E-state index >= 15 is 0 Å². The Morgan fingerprint density at radius 3 is 2.20 bits per heavy atom. The van der Waals surface area contributed by atoms with E-state index in [0.29, 0.717) is 10.7 Å². The number of amides is 2. The van der Waals surface area contributed by atoms with Crippen LogP contribution in [0.25, 0.3) is 0 Å². The van der Waals surface area contributed by atoms with Crippen molar-refractivity contribution in [3.63, 3.8) is 0 Å². The molecular formula is C18H21ClN3O2S+. The summed E-state index contributed by atoms with van der Waals surface area (Å²) < 4.78 is 0. The second-order valence-electron chi connectivity index (χ2n) is 5.65. The highest BCUT2D eigenvalue weighted by molar-refractivity contribution is 7.98. The first-order valence-corrected chi connectivity index (χ1v) is 9.37. The quantitative estimate of drug-likeness (QED) is 0.647. The number of carbonyl (C=O) groups is 2. The van der Waals surface area contributed by atoms with Crippen LogP contribution in [0.4, 0.5) is 11.4 Å². The van der Waals surface area contributed by atoms with Crippen molar-refractivity contribution in [3.05, 3.63) is 53.6 Å². The lowest BCUT2D eigenvalue weighted by molar-refractivity contribution is -0.862. The molecule has 2 rings (SSSR count). The lowest BCUT2D eigenvalue weighted by atomic mass is 10.3. The van der Waals surface area contributed by atoms with Crippen LogP contribution in [-0.2, 0) is 9.59 Å². The van der Waals surface area contributed by atoms with E-state index < -0.39 is 0 Å². The minimum absolute atomic E-state index is 0.130. The molecule has 7 heteroatoms. The van der Waals surface area contributed by atoms with Gasteiger partial charge < -0.3 is 15.5 Å². The van der Waals surface area contributed by atoms with Gasteiger partial charge in [0.15, 0.2) is 13.1 Å². The minimum Gasteiger partial charge on any atom is -0.322 e. The largest absolute Gasteiger partial charge is 0.322 e. The number of nitrogens with one attached hydrogen (secondary N) is 3. The number of carbonyl (C=O) groups excluding carboxylic acids is 2. The summed E-state index contributed by atoms with van der Waals surface area (Å²) in [6.07, 6.45) is 1.98. The molecule has 0 aliphatic carbocycles. The van der Waals surface area contributed by atoms with Gasteiger partial charge in [-0.1, -0.05) is 17.7 Å². The summed E-state index contributed by atoms with van der Waals surface area (Å²) in [6, 6.07) is 14.6. The van der Waals surface area contributed by atoms with E-state index in [9.17, 15) is 9.59 Å². The third-order valence-corrected chi connectivity index (χ3v) is 4.38. The number of thioether (sulfide) groups is 1. The number of rotatable bonds is 7. The monoisotopic (exact) mass is 378 g/mol. The fourth-order valence-electron chi connectivity index (χ4n) is 2.26. The Balaban J connectivity index is 1.80. The zero-order valence-electron chi connectivity index (χ0n) is 14.1. The fraction of sp³-hybridized carbons (Fsp3) is 0.222. The SMILES string of the molecule is CSc1cccc(NC(=O)C[NH+](C)CC(=O)Nc2ccc(Cl)cc2)c1. The summed E-state index contributed by atoms with van der Waals surface area (Å²) in [5.41, 5.74) is 1.44. The molecule has 0 heterocycles. The summed E-state index contributed by atoms with van der Waals surface area (Å²) in [5.74, 6) is -0.285. The van der Waals surface area contributed by atoms with Crippen LogP contribution in [0.2, 0.25) is 5.02 Å². The molecule has 25 heavy (non-hydrogen) atoms. The van der Waals surface area contributed by atoms with Crippen molar-refractivity contribution in [2.45, 2.75) is 4.90 Å². The van der Waals surface area contributed by atoms with Gasteiger partial charge in [-0.05, 0) is 48.7 Å². The molecule has 0 saturated carbocycles. The van der Waals surface area contributed by atoms with E-state index in [1.54, 1.807) is 43.1 Å². The van der Waals surface area contributed by atoms with Crippen LogP contribution in [0.1, 0.15) is 0 Å². The van der Waals surface area contributed by atoms with Crippen LogP contribution >= 0.6 is 23.4 Å². The van der Waals surface area contributed by atoms with Gasteiger partial charge in [0.2, 0.25) is 0 Å². The topological polar surface area (TPSA) is 62.6 Å². The number of anilines is 2. The van der Waals surface area contributed by atoms with E-state index in [1.807, 2.05) is 30.5 Å². The van der Waals surface area contributed by atoms with Crippen LogP contribution in [0.15, 0.2) is 53.4 Å². The Kier molecular flexibility index (Phi) is 7.31. The molecule has 0 aliphatic heterocycles. The molecule has 0 spiro atoms. The average Bonchev–Trinajstić information content (AvgIpc) is 2.56. The Hall–Kier alpha value is -2.02.